The predicted octanol–water partition coefficient (Wildman–Crippen LogP) is 1.96. The molecule has 70 valence electrons. The van der Waals surface area contributed by atoms with Crippen molar-refractivity contribution >= 4 is 29.0 Å². The fraction of sp³-hybridized carbons (Fsp3) is 0.125. The van der Waals surface area contributed by atoms with Crippen molar-refractivity contribution in [1.29, 1.82) is 5.41 Å². The second-order valence-corrected chi connectivity index (χ2v) is 3.31. The van der Waals surface area contributed by atoms with Crippen LogP contribution in [0, 0.1) is 5.41 Å². The fourth-order valence-corrected chi connectivity index (χ4v) is 1.53. The summed E-state index contributed by atoms with van der Waals surface area (Å²) >= 11 is 11.5. The third kappa shape index (κ3) is 2.12. The molecule has 5 heteroatoms. The zero-order chi connectivity index (χ0) is 10.0. The van der Waals surface area contributed by atoms with Crippen LogP contribution >= 0.6 is 23.2 Å². The quantitative estimate of drug-likeness (QED) is 0.525. The molecule has 0 aliphatic heterocycles. The molecule has 13 heavy (non-hydrogen) atoms. The first-order valence-electron chi connectivity index (χ1n) is 3.50. The largest absolute Gasteiger partial charge is 0.385 e. The highest BCUT2D eigenvalue weighted by Crippen LogP contribution is 2.29. The fourth-order valence-electron chi connectivity index (χ4n) is 0.927. The maximum absolute atomic E-state index is 9.44. The van der Waals surface area contributed by atoms with Crippen LogP contribution in [0.25, 0.3) is 0 Å². The second-order valence-electron chi connectivity index (χ2n) is 2.49. The molecule has 0 bridgehead atoms. The molecular weight excluding hydrogens is 211 g/mol. The zero-order valence-electron chi connectivity index (χ0n) is 6.59. The van der Waals surface area contributed by atoms with E-state index in [2.05, 4.69) is 0 Å². The van der Waals surface area contributed by atoms with Gasteiger partial charge in [0.2, 0.25) is 0 Å². The second kappa shape index (κ2) is 3.96. The summed E-state index contributed by atoms with van der Waals surface area (Å²) in [5.74, 6) is -0.380. The molecule has 0 aromatic heterocycles. The van der Waals surface area contributed by atoms with E-state index < -0.39 is 6.10 Å². The van der Waals surface area contributed by atoms with Crippen LogP contribution in [0.15, 0.2) is 18.2 Å². The molecule has 0 radical (unpaired) electrons. The number of hydrogen-bond donors (Lipinski definition) is 3. The number of amidine groups is 1. The van der Waals surface area contributed by atoms with E-state index in [9.17, 15) is 5.11 Å². The molecule has 1 aromatic carbocycles. The first kappa shape index (κ1) is 10.3. The van der Waals surface area contributed by atoms with Crippen molar-refractivity contribution < 1.29 is 5.11 Å². The summed E-state index contributed by atoms with van der Waals surface area (Å²) < 4.78 is 0. The molecule has 1 rings (SSSR count). The van der Waals surface area contributed by atoms with Crippen molar-refractivity contribution in [1.82, 2.24) is 0 Å². The van der Waals surface area contributed by atoms with Gasteiger partial charge in [0.05, 0.1) is 0 Å². The normalized spacial score (nSPS) is 12.5. The van der Waals surface area contributed by atoms with E-state index in [1.165, 1.54) is 0 Å². The molecule has 0 heterocycles. The van der Waals surface area contributed by atoms with Crippen LogP contribution in [0.1, 0.15) is 11.7 Å². The maximum atomic E-state index is 9.44. The number of aliphatic hydroxyl groups excluding tert-OH is 1. The van der Waals surface area contributed by atoms with Crippen LogP contribution in [0.2, 0.25) is 10.0 Å². The third-order valence-corrected chi connectivity index (χ3v) is 2.23. The summed E-state index contributed by atoms with van der Waals surface area (Å²) in [6.45, 7) is 0. The zero-order valence-corrected chi connectivity index (χ0v) is 8.10. The monoisotopic (exact) mass is 218 g/mol. The molecule has 0 unspecified atom stereocenters. The van der Waals surface area contributed by atoms with Crippen LogP contribution < -0.4 is 5.73 Å². The summed E-state index contributed by atoms with van der Waals surface area (Å²) in [6.07, 6.45) is -1.24. The van der Waals surface area contributed by atoms with Crippen molar-refractivity contribution in [3.8, 4) is 0 Å². The maximum Gasteiger partial charge on any atom is 0.138 e. The van der Waals surface area contributed by atoms with E-state index in [1.54, 1.807) is 18.2 Å². The highest BCUT2D eigenvalue weighted by Gasteiger charge is 2.17. The van der Waals surface area contributed by atoms with Gasteiger partial charge in [0.1, 0.15) is 11.9 Å². The number of halogens is 2. The van der Waals surface area contributed by atoms with Crippen LogP contribution in [0.4, 0.5) is 0 Å². The van der Waals surface area contributed by atoms with E-state index in [4.69, 9.17) is 34.3 Å². The Morgan fingerprint density at radius 2 is 1.85 bits per heavy atom. The minimum absolute atomic E-state index is 0.276. The van der Waals surface area contributed by atoms with Gasteiger partial charge >= 0.3 is 0 Å². The van der Waals surface area contributed by atoms with Gasteiger partial charge < -0.3 is 10.8 Å². The highest BCUT2D eigenvalue weighted by molar-refractivity contribution is 6.36. The van der Waals surface area contributed by atoms with Gasteiger partial charge in [0, 0.05) is 15.6 Å². The summed E-state index contributed by atoms with van der Waals surface area (Å²) in [5.41, 5.74) is 5.40. The van der Waals surface area contributed by atoms with Gasteiger partial charge in [-0.15, -0.1) is 0 Å². The molecule has 0 aliphatic rings. The van der Waals surface area contributed by atoms with Gasteiger partial charge in [0.15, 0.2) is 0 Å². The van der Waals surface area contributed by atoms with Gasteiger partial charge in [-0.25, -0.2) is 0 Å². The van der Waals surface area contributed by atoms with Crippen molar-refractivity contribution in [2.24, 2.45) is 5.73 Å². The lowest BCUT2D eigenvalue weighted by molar-refractivity contribution is 0.245. The lowest BCUT2D eigenvalue weighted by Gasteiger charge is -2.12. The Hall–Kier alpha value is -0.770. The van der Waals surface area contributed by atoms with Gasteiger partial charge in [-0.2, -0.15) is 0 Å². The van der Waals surface area contributed by atoms with E-state index in [0.717, 1.165) is 0 Å². The summed E-state index contributed by atoms with van der Waals surface area (Å²) in [5, 5.41) is 17.1. The van der Waals surface area contributed by atoms with Crippen LogP contribution in [0.5, 0.6) is 0 Å². The van der Waals surface area contributed by atoms with E-state index in [-0.39, 0.29) is 11.4 Å². The lowest BCUT2D eigenvalue weighted by Crippen LogP contribution is -2.20. The molecule has 3 nitrogen and oxygen atoms in total. The van der Waals surface area contributed by atoms with E-state index >= 15 is 0 Å². The molecule has 0 saturated carbocycles. The average molecular weight is 219 g/mol. The Morgan fingerprint density at radius 3 is 2.23 bits per heavy atom. The van der Waals surface area contributed by atoms with Gasteiger partial charge in [-0.3, -0.25) is 5.41 Å². The molecular formula is C8H8Cl2N2O. The summed E-state index contributed by atoms with van der Waals surface area (Å²) in [7, 11) is 0. The van der Waals surface area contributed by atoms with Crippen LogP contribution in [-0.4, -0.2) is 10.9 Å². The molecule has 0 aliphatic carbocycles. The summed E-state index contributed by atoms with van der Waals surface area (Å²) in [6, 6.07) is 4.81. The van der Waals surface area contributed by atoms with E-state index in [1.807, 2.05) is 0 Å². The predicted molar refractivity (Wildman–Crippen MR) is 53.3 cm³/mol. The number of rotatable bonds is 2. The standard InChI is InChI=1S/C8H8Cl2N2O/c9-4-2-1-3-5(10)6(4)7(13)8(11)12/h1-3,7,13H,(H3,11,12)/t7-/m0/s1. The number of benzene rings is 1. The van der Waals surface area contributed by atoms with Crippen LogP contribution in [0.3, 0.4) is 0 Å². The lowest BCUT2D eigenvalue weighted by atomic mass is 10.1. The first-order chi connectivity index (χ1) is 6.04. The summed E-state index contributed by atoms with van der Waals surface area (Å²) in [4.78, 5) is 0. The topological polar surface area (TPSA) is 70.1 Å². The highest BCUT2D eigenvalue weighted by atomic mass is 35.5. The molecule has 0 spiro atoms. The first-order valence-corrected chi connectivity index (χ1v) is 4.25. The van der Waals surface area contributed by atoms with Gasteiger partial charge in [-0.1, -0.05) is 29.3 Å². The van der Waals surface area contributed by atoms with Crippen molar-refractivity contribution in [2.45, 2.75) is 6.10 Å². The van der Waals surface area contributed by atoms with Crippen molar-refractivity contribution in [3.05, 3.63) is 33.8 Å². The average Bonchev–Trinajstić information content (AvgIpc) is 2.03. The number of nitrogens with two attached hydrogens (primary N) is 1. The minimum atomic E-state index is -1.24. The third-order valence-electron chi connectivity index (χ3n) is 1.57. The SMILES string of the molecule is N=C(N)[C@@H](O)c1c(Cl)cccc1Cl. The molecule has 4 N–H and O–H groups in total. The van der Waals surface area contributed by atoms with Crippen molar-refractivity contribution in [3.63, 3.8) is 0 Å². The Kier molecular flexibility index (Phi) is 3.14. The molecule has 0 fully saturated rings. The Labute approximate surface area is 85.6 Å². The molecule has 0 saturated heterocycles. The van der Waals surface area contributed by atoms with E-state index in [0.29, 0.717) is 10.0 Å². The van der Waals surface area contributed by atoms with Crippen molar-refractivity contribution in [2.75, 3.05) is 0 Å². The molecule has 1 aromatic rings. The Bertz CT molecular complexity index is 321. The Morgan fingerprint density at radius 1 is 1.38 bits per heavy atom. The molecule has 0 amide bonds. The number of nitrogens with one attached hydrogen (secondary N) is 1. The number of aliphatic hydroxyl groups is 1. The van der Waals surface area contributed by atoms with Gasteiger partial charge in [-0.05, 0) is 12.1 Å². The number of hydrogen-bond acceptors (Lipinski definition) is 2. The minimum Gasteiger partial charge on any atom is -0.385 e. The molecule has 1 atom stereocenters. The van der Waals surface area contributed by atoms with Crippen LogP contribution in [-0.2, 0) is 0 Å². The van der Waals surface area contributed by atoms with Gasteiger partial charge in [0.25, 0.3) is 0 Å². The Balaban J connectivity index is 3.20. The smallest absolute Gasteiger partial charge is 0.138 e.